The van der Waals surface area contributed by atoms with Crippen LogP contribution < -0.4 is 4.72 Å². The van der Waals surface area contributed by atoms with Gasteiger partial charge in [-0.2, -0.15) is 8.42 Å². The Balaban J connectivity index is 0. The van der Waals surface area contributed by atoms with E-state index in [4.69, 9.17) is 31.9 Å². The van der Waals surface area contributed by atoms with E-state index in [-0.39, 0.29) is 0 Å². The van der Waals surface area contributed by atoms with Crippen molar-refractivity contribution in [2.24, 2.45) is 0 Å². The Kier molecular flexibility index (Phi) is 11.3. The molecule has 0 saturated heterocycles. The van der Waals surface area contributed by atoms with Crippen molar-refractivity contribution < 1.29 is 31.9 Å². The molecular formula is C4H9NO7PS2+. The summed E-state index contributed by atoms with van der Waals surface area (Å²) in [6.07, 6.45) is 5.84. The van der Waals surface area contributed by atoms with E-state index in [2.05, 4.69) is 4.72 Å². The predicted molar refractivity (Wildman–Crippen MR) is 55.2 cm³/mol. The largest absolute Gasteiger partial charge is 0.692 e. The van der Waals surface area contributed by atoms with Gasteiger partial charge in [-0.3, -0.25) is 9.11 Å². The lowest BCUT2D eigenvalue weighted by Crippen LogP contribution is -1.89. The topological polar surface area (TPSA) is 144 Å². The van der Waals surface area contributed by atoms with Crippen LogP contribution in [-0.4, -0.2) is 27.3 Å². The Hall–Kier alpha value is -0.480. The molecule has 0 aromatic heterocycles. The van der Waals surface area contributed by atoms with Crippen molar-refractivity contribution in [3.8, 4) is 0 Å². The van der Waals surface area contributed by atoms with E-state index < -0.39 is 18.7 Å². The zero-order chi connectivity index (χ0) is 12.3. The van der Waals surface area contributed by atoms with Crippen LogP contribution in [0.15, 0.2) is 23.8 Å². The smallest absolute Gasteiger partial charge is 0.333 e. The zero-order valence-electron chi connectivity index (χ0n) is 7.09. The summed E-state index contributed by atoms with van der Waals surface area (Å²) in [6, 6.07) is 0. The first-order valence-electron chi connectivity index (χ1n) is 3.01. The maximum absolute atomic E-state index is 8.74. The Morgan fingerprint density at radius 3 is 1.67 bits per heavy atom. The molecule has 8 nitrogen and oxygen atoms in total. The van der Waals surface area contributed by atoms with Crippen molar-refractivity contribution in [1.82, 2.24) is 4.72 Å². The SMILES string of the molecule is C1=CNSC=C1.O=S(=O)(O)O.O=[P+](O)O. The summed E-state index contributed by atoms with van der Waals surface area (Å²) >= 11 is 1.58. The number of allylic oxidation sites excluding steroid dienone is 2. The molecule has 1 heterocycles. The van der Waals surface area contributed by atoms with Crippen molar-refractivity contribution >= 4 is 30.6 Å². The van der Waals surface area contributed by atoms with Crippen molar-refractivity contribution in [1.29, 1.82) is 0 Å². The maximum Gasteiger partial charge on any atom is 0.692 e. The highest BCUT2D eigenvalue weighted by molar-refractivity contribution is 8.00. The Labute approximate surface area is 91.4 Å². The summed E-state index contributed by atoms with van der Waals surface area (Å²) in [7, 11) is -7.54. The van der Waals surface area contributed by atoms with Crippen LogP contribution in [0.5, 0.6) is 0 Å². The second-order valence-corrected chi connectivity index (χ2v) is 3.77. The lowest BCUT2D eigenvalue weighted by atomic mass is 10.6. The van der Waals surface area contributed by atoms with Crippen LogP contribution in [0.1, 0.15) is 0 Å². The number of rotatable bonds is 0. The average molecular weight is 278 g/mol. The van der Waals surface area contributed by atoms with Crippen molar-refractivity contribution in [2.75, 3.05) is 0 Å². The molecule has 0 bridgehead atoms. The van der Waals surface area contributed by atoms with Crippen LogP contribution in [0, 0.1) is 0 Å². The molecule has 0 atom stereocenters. The molecular weight excluding hydrogens is 269 g/mol. The molecule has 0 spiro atoms. The molecule has 0 aliphatic carbocycles. The van der Waals surface area contributed by atoms with E-state index in [1.165, 1.54) is 0 Å². The van der Waals surface area contributed by atoms with Crippen LogP contribution >= 0.6 is 20.2 Å². The molecule has 11 heteroatoms. The number of nitrogens with one attached hydrogen (secondary N) is 1. The van der Waals surface area contributed by atoms with Crippen molar-refractivity contribution in [2.45, 2.75) is 0 Å². The van der Waals surface area contributed by atoms with Gasteiger partial charge in [-0.25, -0.2) is 0 Å². The molecule has 0 aromatic rings. The van der Waals surface area contributed by atoms with Gasteiger partial charge >= 0.3 is 18.7 Å². The van der Waals surface area contributed by atoms with Crippen LogP contribution in [-0.2, 0) is 15.0 Å². The molecule has 0 amide bonds. The number of hydrogen-bond donors (Lipinski definition) is 5. The van der Waals surface area contributed by atoms with E-state index in [0.29, 0.717) is 0 Å². The minimum Gasteiger partial charge on any atom is -0.333 e. The third-order valence-corrected chi connectivity index (χ3v) is 1.06. The van der Waals surface area contributed by atoms with Gasteiger partial charge in [0.1, 0.15) is 0 Å². The van der Waals surface area contributed by atoms with E-state index >= 15 is 0 Å². The second kappa shape index (κ2) is 10.1. The van der Waals surface area contributed by atoms with Crippen molar-refractivity contribution in [3.05, 3.63) is 23.8 Å². The second-order valence-electron chi connectivity index (χ2n) is 1.62. The lowest BCUT2D eigenvalue weighted by molar-refractivity contribution is 0.380. The summed E-state index contributed by atoms with van der Waals surface area (Å²) in [5.74, 6) is 0. The average Bonchev–Trinajstić information content (AvgIpc) is 2.03. The Morgan fingerprint density at radius 1 is 1.20 bits per heavy atom. The molecule has 0 saturated carbocycles. The van der Waals surface area contributed by atoms with Gasteiger partial charge in [0.2, 0.25) is 0 Å². The summed E-state index contributed by atoms with van der Waals surface area (Å²) < 4.78 is 43.2. The normalized spacial score (nSPS) is 12.5. The Morgan fingerprint density at radius 2 is 1.60 bits per heavy atom. The first-order valence-corrected chi connectivity index (χ1v) is 6.45. The standard InChI is InChI=1S/C4H5NS.H2O4S.HO3P/c1-2-4-6-5-3-1;1-5(2,3)4;1-4(2)3/h1-5H;(H2,1,2,3,4);(H-,1,2,3)/p+1. The van der Waals surface area contributed by atoms with Gasteiger partial charge in [-0.15, -0.1) is 9.79 Å². The van der Waals surface area contributed by atoms with Crippen LogP contribution in [0.4, 0.5) is 0 Å². The summed E-state index contributed by atoms with van der Waals surface area (Å²) in [5, 5.41) is 1.99. The molecule has 15 heavy (non-hydrogen) atoms. The highest BCUT2D eigenvalue weighted by atomic mass is 32.3. The molecule has 1 aliphatic rings. The molecule has 88 valence electrons. The van der Waals surface area contributed by atoms with Crippen LogP contribution in [0.3, 0.4) is 0 Å². The van der Waals surface area contributed by atoms with E-state index in [0.717, 1.165) is 0 Å². The van der Waals surface area contributed by atoms with Crippen LogP contribution in [0.2, 0.25) is 0 Å². The van der Waals surface area contributed by atoms with Gasteiger partial charge in [0, 0.05) is 10.8 Å². The number of hydrogen-bond acceptors (Lipinski definition) is 5. The fraction of sp³-hybridized carbons (Fsp3) is 0. The van der Waals surface area contributed by atoms with Gasteiger partial charge < -0.3 is 4.72 Å². The van der Waals surface area contributed by atoms with Crippen LogP contribution in [0.25, 0.3) is 0 Å². The molecule has 0 unspecified atom stereocenters. The minimum atomic E-state index is -4.67. The maximum atomic E-state index is 8.74. The molecule has 0 radical (unpaired) electrons. The summed E-state index contributed by atoms with van der Waals surface area (Å²) in [6.45, 7) is 0. The molecule has 1 aliphatic heterocycles. The minimum absolute atomic E-state index is 1.58. The highest BCUT2D eigenvalue weighted by Crippen LogP contribution is 1.99. The third-order valence-electron chi connectivity index (χ3n) is 0.490. The fourth-order valence-corrected chi connectivity index (χ4v) is 0.663. The zero-order valence-corrected chi connectivity index (χ0v) is 9.61. The molecule has 0 fully saturated rings. The first kappa shape index (κ1) is 16.9. The molecule has 0 aromatic carbocycles. The fourth-order valence-electron chi connectivity index (χ4n) is 0.258. The van der Waals surface area contributed by atoms with Gasteiger partial charge in [-0.1, -0.05) is 6.08 Å². The molecule has 1 rings (SSSR count). The Bertz CT molecular complexity index is 300. The summed E-state index contributed by atoms with van der Waals surface area (Å²) in [4.78, 5) is 14.2. The van der Waals surface area contributed by atoms with E-state index in [9.17, 15) is 0 Å². The quantitative estimate of drug-likeness (QED) is 0.239. The monoisotopic (exact) mass is 278 g/mol. The predicted octanol–water partition coefficient (Wildman–Crippen LogP) is 0.241. The van der Waals surface area contributed by atoms with E-state index in [1.54, 1.807) is 11.9 Å². The van der Waals surface area contributed by atoms with Gasteiger partial charge in [-0.05, 0) is 23.4 Å². The lowest BCUT2D eigenvalue weighted by Gasteiger charge is -1.93. The first-order chi connectivity index (χ1) is 6.73. The summed E-state index contributed by atoms with van der Waals surface area (Å²) in [5.41, 5.74) is 0. The van der Waals surface area contributed by atoms with Gasteiger partial charge in [0.25, 0.3) is 0 Å². The van der Waals surface area contributed by atoms with E-state index in [1.807, 2.05) is 23.8 Å². The molecule has 5 N–H and O–H groups in total. The van der Waals surface area contributed by atoms with Gasteiger partial charge in [0.05, 0.1) is 0 Å². The highest BCUT2D eigenvalue weighted by Gasteiger charge is 1.93. The van der Waals surface area contributed by atoms with Gasteiger partial charge in [0.15, 0.2) is 0 Å². The third kappa shape index (κ3) is 58.9. The van der Waals surface area contributed by atoms with Crippen molar-refractivity contribution in [3.63, 3.8) is 0 Å².